The fourth-order valence-corrected chi connectivity index (χ4v) is 2.71. The summed E-state index contributed by atoms with van der Waals surface area (Å²) in [5.74, 6) is 1.46. The van der Waals surface area contributed by atoms with Gasteiger partial charge in [-0.05, 0) is 39.1 Å². The van der Waals surface area contributed by atoms with Crippen molar-refractivity contribution in [1.82, 2.24) is 14.9 Å². The number of thioether (sulfide) groups is 1. The highest BCUT2D eigenvalue weighted by atomic mass is 32.2. The maximum atomic E-state index is 5.77. The molecule has 0 saturated carbocycles. The number of likely N-dealkylation sites (tertiary alicyclic amines) is 1. The van der Waals surface area contributed by atoms with E-state index in [4.69, 9.17) is 4.74 Å². The van der Waals surface area contributed by atoms with E-state index in [1.165, 1.54) is 31.1 Å². The number of nitrogens with one attached hydrogen (secondary N) is 1. The van der Waals surface area contributed by atoms with Crippen molar-refractivity contribution >= 4 is 17.6 Å². The molecule has 1 aliphatic heterocycles. The summed E-state index contributed by atoms with van der Waals surface area (Å²) in [6.07, 6.45) is 5.60. The normalized spacial score (nSPS) is 19.6. The molecule has 2 rings (SSSR count). The van der Waals surface area contributed by atoms with Crippen molar-refractivity contribution in [2.75, 3.05) is 38.8 Å². The van der Waals surface area contributed by atoms with E-state index in [-0.39, 0.29) is 0 Å². The van der Waals surface area contributed by atoms with Crippen LogP contribution in [0, 0.1) is 0 Å². The van der Waals surface area contributed by atoms with Gasteiger partial charge in [0.1, 0.15) is 5.82 Å². The third-order valence-electron chi connectivity index (χ3n) is 3.49. The Morgan fingerprint density at radius 2 is 2.37 bits per heavy atom. The summed E-state index contributed by atoms with van der Waals surface area (Å²) >= 11 is 1.52. The molecular formula is C13H22N4OS. The van der Waals surface area contributed by atoms with Crippen LogP contribution in [0.4, 0.5) is 5.82 Å². The van der Waals surface area contributed by atoms with Crippen LogP contribution in [0.1, 0.15) is 19.3 Å². The second-order valence-corrected chi connectivity index (χ2v) is 5.52. The summed E-state index contributed by atoms with van der Waals surface area (Å²) in [6.45, 7) is 1.92. The molecular weight excluding hydrogens is 260 g/mol. The quantitative estimate of drug-likeness (QED) is 0.637. The Bertz CT molecular complexity index is 393. The molecule has 5 nitrogen and oxygen atoms in total. The van der Waals surface area contributed by atoms with Gasteiger partial charge in [0.15, 0.2) is 5.16 Å². The second kappa shape index (κ2) is 6.96. The molecule has 1 atom stereocenters. The lowest BCUT2D eigenvalue weighted by molar-refractivity contribution is 0.227. The minimum absolute atomic E-state index is 0.657. The fourth-order valence-electron chi connectivity index (χ4n) is 2.34. The van der Waals surface area contributed by atoms with Gasteiger partial charge in [0.25, 0.3) is 0 Å². The van der Waals surface area contributed by atoms with E-state index in [0.717, 1.165) is 17.4 Å². The number of nitrogens with zero attached hydrogens (tertiary/aromatic N) is 3. The van der Waals surface area contributed by atoms with E-state index >= 15 is 0 Å². The topological polar surface area (TPSA) is 50.3 Å². The maximum absolute atomic E-state index is 5.77. The Morgan fingerprint density at radius 3 is 3.00 bits per heavy atom. The first kappa shape index (κ1) is 14.4. The lowest BCUT2D eigenvalue weighted by atomic mass is 10.1. The van der Waals surface area contributed by atoms with Gasteiger partial charge in [-0.3, -0.25) is 0 Å². The maximum Gasteiger partial charge on any atom is 0.219 e. The van der Waals surface area contributed by atoms with Crippen molar-refractivity contribution in [2.45, 2.75) is 30.5 Å². The molecule has 0 radical (unpaired) electrons. The smallest absolute Gasteiger partial charge is 0.219 e. The van der Waals surface area contributed by atoms with Gasteiger partial charge in [0.05, 0.1) is 6.61 Å². The Morgan fingerprint density at radius 1 is 1.53 bits per heavy atom. The standard InChI is InChI=1S/C13H22N4OS/c1-14-11-9-12(16-13(15-11)19-3)18-8-6-10-5-4-7-17(10)2/h9-10H,4-8H2,1-3H3,(H,14,15,16). The number of hydrogen-bond acceptors (Lipinski definition) is 6. The Balaban J connectivity index is 1.88. The van der Waals surface area contributed by atoms with Gasteiger partial charge in [-0.25, -0.2) is 4.98 Å². The Labute approximate surface area is 119 Å². The average Bonchev–Trinajstić information content (AvgIpc) is 2.84. The van der Waals surface area contributed by atoms with Crippen molar-refractivity contribution < 1.29 is 4.74 Å². The molecule has 0 aromatic carbocycles. The van der Waals surface area contributed by atoms with E-state index in [2.05, 4.69) is 27.2 Å². The SMILES string of the molecule is CNc1cc(OCCC2CCCN2C)nc(SC)n1. The van der Waals surface area contributed by atoms with Crippen LogP contribution >= 0.6 is 11.8 Å². The number of hydrogen-bond donors (Lipinski definition) is 1. The molecule has 0 bridgehead atoms. The molecule has 106 valence electrons. The molecule has 2 heterocycles. The van der Waals surface area contributed by atoms with Crippen LogP contribution in [-0.4, -0.2) is 54.4 Å². The monoisotopic (exact) mass is 282 g/mol. The van der Waals surface area contributed by atoms with Gasteiger partial charge in [-0.2, -0.15) is 4.98 Å². The zero-order valence-corrected chi connectivity index (χ0v) is 12.7. The molecule has 0 amide bonds. The minimum atomic E-state index is 0.657. The zero-order valence-electron chi connectivity index (χ0n) is 11.8. The van der Waals surface area contributed by atoms with Crippen LogP contribution in [-0.2, 0) is 0 Å². The molecule has 1 fully saturated rings. The molecule has 19 heavy (non-hydrogen) atoms. The number of rotatable bonds is 6. The molecule has 6 heteroatoms. The van der Waals surface area contributed by atoms with Gasteiger partial charge in [-0.15, -0.1) is 0 Å². The number of aromatic nitrogens is 2. The minimum Gasteiger partial charge on any atom is -0.477 e. The van der Waals surface area contributed by atoms with Crippen LogP contribution < -0.4 is 10.1 Å². The van der Waals surface area contributed by atoms with Gasteiger partial charge < -0.3 is 15.0 Å². The highest BCUT2D eigenvalue weighted by Crippen LogP contribution is 2.20. The van der Waals surface area contributed by atoms with Gasteiger partial charge in [0, 0.05) is 19.2 Å². The number of ether oxygens (including phenoxy) is 1. The van der Waals surface area contributed by atoms with Gasteiger partial charge in [0.2, 0.25) is 5.88 Å². The molecule has 0 spiro atoms. The Hall–Kier alpha value is -1.01. The van der Waals surface area contributed by atoms with Crippen LogP contribution in [0.5, 0.6) is 5.88 Å². The van der Waals surface area contributed by atoms with E-state index in [9.17, 15) is 0 Å². The zero-order chi connectivity index (χ0) is 13.7. The Kier molecular flexibility index (Phi) is 5.27. The molecule has 0 aliphatic carbocycles. The van der Waals surface area contributed by atoms with Crippen LogP contribution in [0.3, 0.4) is 0 Å². The lowest BCUT2D eigenvalue weighted by Crippen LogP contribution is -2.26. The second-order valence-electron chi connectivity index (χ2n) is 4.74. The summed E-state index contributed by atoms with van der Waals surface area (Å²) in [6, 6.07) is 2.50. The molecule has 1 aromatic rings. The molecule has 1 unspecified atom stereocenters. The van der Waals surface area contributed by atoms with Crippen LogP contribution in [0.2, 0.25) is 0 Å². The molecule has 1 aliphatic rings. The first-order valence-corrected chi connectivity index (χ1v) is 7.89. The van der Waals surface area contributed by atoms with Crippen LogP contribution in [0.15, 0.2) is 11.2 Å². The third kappa shape index (κ3) is 3.98. The predicted octanol–water partition coefficient (Wildman–Crippen LogP) is 2.10. The van der Waals surface area contributed by atoms with E-state index in [1.807, 2.05) is 19.4 Å². The summed E-state index contributed by atoms with van der Waals surface area (Å²) in [7, 11) is 4.04. The fraction of sp³-hybridized carbons (Fsp3) is 0.692. The average molecular weight is 282 g/mol. The third-order valence-corrected chi connectivity index (χ3v) is 4.04. The molecule has 1 aromatic heterocycles. The number of anilines is 1. The summed E-state index contributed by atoms with van der Waals surface area (Å²) in [4.78, 5) is 11.1. The summed E-state index contributed by atoms with van der Waals surface area (Å²) in [5, 5.41) is 3.76. The van der Waals surface area contributed by atoms with E-state index in [0.29, 0.717) is 18.5 Å². The highest BCUT2D eigenvalue weighted by molar-refractivity contribution is 7.98. The molecule has 1 N–H and O–H groups in total. The predicted molar refractivity (Wildman–Crippen MR) is 79.1 cm³/mol. The van der Waals surface area contributed by atoms with Gasteiger partial charge in [-0.1, -0.05) is 11.8 Å². The first-order valence-electron chi connectivity index (χ1n) is 6.67. The summed E-state index contributed by atoms with van der Waals surface area (Å²) < 4.78 is 5.77. The molecule has 1 saturated heterocycles. The van der Waals surface area contributed by atoms with Crippen molar-refractivity contribution in [3.8, 4) is 5.88 Å². The van der Waals surface area contributed by atoms with Gasteiger partial charge >= 0.3 is 0 Å². The van der Waals surface area contributed by atoms with Crippen molar-refractivity contribution in [3.63, 3.8) is 0 Å². The highest BCUT2D eigenvalue weighted by Gasteiger charge is 2.20. The van der Waals surface area contributed by atoms with Crippen molar-refractivity contribution in [2.24, 2.45) is 0 Å². The first-order chi connectivity index (χ1) is 9.22. The van der Waals surface area contributed by atoms with E-state index < -0.39 is 0 Å². The largest absolute Gasteiger partial charge is 0.477 e. The van der Waals surface area contributed by atoms with E-state index in [1.54, 1.807) is 0 Å². The lowest BCUT2D eigenvalue weighted by Gasteiger charge is -2.19. The van der Waals surface area contributed by atoms with Crippen molar-refractivity contribution in [3.05, 3.63) is 6.07 Å². The van der Waals surface area contributed by atoms with Crippen molar-refractivity contribution in [1.29, 1.82) is 0 Å². The van der Waals surface area contributed by atoms with Crippen LogP contribution in [0.25, 0.3) is 0 Å². The summed E-state index contributed by atoms with van der Waals surface area (Å²) in [5.41, 5.74) is 0.